The Bertz CT molecular complexity index is 686. The lowest BCUT2D eigenvalue weighted by Crippen LogP contribution is -2.07. The molecule has 1 N–H and O–H groups in total. The van der Waals surface area contributed by atoms with E-state index in [2.05, 4.69) is 26.2 Å². The third-order valence-electron chi connectivity index (χ3n) is 3.68. The maximum atomic E-state index is 14.4. The normalized spacial score (nSPS) is 13.8. The van der Waals surface area contributed by atoms with E-state index in [1.807, 2.05) is 6.92 Å². The molecule has 1 aliphatic carbocycles. The Labute approximate surface area is 124 Å². The van der Waals surface area contributed by atoms with Gasteiger partial charge in [0.1, 0.15) is 11.3 Å². The van der Waals surface area contributed by atoms with E-state index in [4.69, 9.17) is 0 Å². The monoisotopic (exact) mass is 340 g/mol. The van der Waals surface area contributed by atoms with Crippen LogP contribution < -0.4 is 5.32 Å². The molecular formula is C15H15BrF2N2. The van der Waals surface area contributed by atoms with Gasteiger partial charge in [0.15, 0.2) is 5.82 Å². The number of benzene rings is 1. The highest BCUT2D eigenvalue weighted by Crippen LogP contribution is 2.38. The van der Waals surface area contributed by atoms with Crippen LogP contribution in [0.1, 0.15) is 31.0 Å². The van der Waals surface area contributed by atoms with Crippen LogP contribution in [0.15, 0.2) is 10.5 Å². The van der Waals surface area contributed by atoms with Crippen molar-refractivity contribution in [1.29, 1.82) is 0 Å². The molecule has 2 nitrogen and oxygen atoms in total. The van der Waals surface area contributed by atoms with Gasteiger partial charge in [-0.1, -0.05) is 6.92 Å². The van der Waals surface area contributed by atoms with Gasteiger partial charge in [0.05, 0.1) is 15.5 Å². The quantitative estimate of drug-likeness (QED) is 0.827. The summed E-state index contributed by atoms with van der Waals surface area (Å²) in [4.78, 5) is 4.35. The summed E-state index contributed by atoms with van der Waals surface area (Å²) >= 11 is 3.08. The number of nitrogens with one attached hydrogen (secondary N) is 1. The van der Waals surface area contributed by atoms with Crippen molar-refractivity contribution in [3.8, 4) is 0 Å². The van der Waals surface area contributed by atoms with E-state index in [1.165, 1.54) is 0 Å². The summed E-state index contributed by atoms with van der Waals surface area (Å²) in [6.45, 7) is 2.78. The Hall–Kier alpha value is -1.23. The number of fused-ring (bicyclic) bond motifs is 2. The molecule has 0 atom stereocenters. The van der Waals surface area contributed by atoms with Gasteiger partial charge in [-0.25, -0.2) is 13.8 Å². The number of aromatic nitrogens is 1. The Morgan fingerprint density at radius 3 is 2.90 bits per heavy atom. The van der Waals surface area contributed by atoms with Crippen LogP contribution in [-0.2, 0) is 12.8 Å². The second kappa shape index (κ2) is 5.28. The molecule has 106 valence electrons. The standard InChI is InChI=1S/C15H15BrF2N2/c1-2-6-19-14-8-4-3-5-11(8)20-15-10(17)7-9(16)13(18)12(14)15/h7H,2-6H2,1H3,(H,19,20). The molecular weight excluding hydrogens is 326 g/mol. The number of hydrogen-bond acceptors (Lipinski definition) is 2. The molecule has 0 spiro atoms. The van der Waals surface area contributed by atoms with Gasteiger partial charge < -0.3 is 5.32 Å². The summed E-state index contributed by atoms with van der Waals surface area (Å²) in [5.41, 5.74) is 2.80. The first kappa shape index (κ1) is 13.7. The predicted molar refractivity (Wildman–Crippen MR) is 80.2 cm³/mol. The molecule has 0 saturated carbocycles. The highest BCUT2D eigenvalue weighted by molar-refractivity contribution is 9.10. The summed E-state index contributed by atoms with van der Waals surface area (Å²) in [6, 6.07) is 1.15. The van der Waals surface area contributed by atoms with Gasteiger partial charge in [0, 0.05) is 12.2 Å². The fraction of sp³-hybridized carbons (Fsp3) is 0.400. The number of hydrogen-bond donors (Lipinski definition) is 1. The average Bonchev–Trinajstić information content (AvgIpc) is 2.89. The zero-order valence-electron chi connectivity index (χ0n) is 11.2. The van der Waals surface area contributed by atoms with Crippen LogP contribution in [0.5, 0.6) is 0 Å². The van der Waals surface area contributed by atoms with Crippen molar-refractivity contribution in [3.05, 3.63) is 33.4 Å². The SMILES string of the molecule is CCCNc1c2c(nc3c(F)cc(Br)c(F)c13)CCC2. The lowest BCUT2D eigenvalue weighted by molar-refractivity contribution is 0.609. The fourth-order valence-corrected chi connectivity index (χ4v) is 3.17. The molecule has 0 radical (unpaired) electrons. The number of nitrogens with zero attached hydrogens (tertiary/aromatic N) is 1. The fourth-order valence-electron chi connectivity index (χ4n) is 2.77. The smallest absolute Gasteiger partial charge is 0.150 e. The molecule has 0 amide bonds. The molecule has 20 heavy (non-hydrogen) atoms. The summed E-state index contributed by atoms with van der Waals surface area (Å²) in [6.07, 6.45) is 3.63. The molecule has 2 aromatic rings. The second-order valence-electron chi connectivity index (χ2n) is 5.07. The molecule has 0 bridgehead atoms. The van der Waals surface area contributed by atoms with Crippen molar-refractivity contribution in [2.75, 3.05) is 11.9 Å². The van der Waals surface area contributed by atoms with Crippen LogP contribution in [0.4, 0.5) is 14.5 Å². The van der Waals surface area contributed by atoms with Gasteiger partial charge in [0.25, 0.3) is 0 Å². The minimum Gasteiger partial charge on any atom is -0.384 e. The van der Waals surface area contributed by atoms with Crippen LogP contribution >= 0.6 is 15.9 Å². The van der Waals surface area contributed by atoms with Crippen molar-refractivity contribution in [2.24, 2.45) is 0 Å². The summed E-state index contributed by atoms with van der Waals surface area (Å²) in [5, 5.41) is 3.53. The van der Waals surface area contributed by atoms with Crippen molar-refractivity contribution in [2.45, 2.75) is 32.6 Å². The Balaban J connectivity index is 2.35. The van der Waals surface area contributed by atoms with Crippen LogP contribution in [0.2, 0.25) is 0 Å². The van der Waals surface area contributed by atoms with Gasteiger partial charge in [-0.3, -0.25) is 0 Å². The van der Waals surface area contributed by atoms with Crippen molar-refractivity contribution < 1.29 is 8.78 Å². The van der Waals surface area contributed by atoms with E-state index in [1.54, 1.807) is 0 Å². The van der Waals surface area contributed by atoms with Gasteiger partial charge >= 0.3 is 0 Å². The first-order valence-electron chi connectivity index (χ1n) is 6.86. The second-order valence-corrected chi connectivity index (χ2v) is 5.92. The maximum Gasteiger partial charge on any atom is 0.150 e. The zero-order valence-corrected chi connectivity index (χ0v) is 12.8. The summed E-state index contributed by atoms with van der Waals surface area (Å²) in [7, 11) is 0. The van der Waals surface area contributed by atoms with Gasteiger partial charge in [-0.05, 0) is 53.2 Å². The molecule has 0 saturated heterocycles. The first-order valence-corrected chi connectivity index (χ1v) is 7.65. The number of pyridine rings is 1. The van der Waals surface area contributed by atoms with E-state index in [-0.39, 0.29) is 15.4 Å². The largest absolute Gasteiger partial charge is 0.384 e. The molecule has 1 aliphatic rings. The lowest BCUT2D eigenvalue weighted by atomic mass is 10.1. The molecule has 1 aromatic carbocycles. The topological polar surface area (TPSA) is 24.9 Å². The molecule has 0 unspecified atom stereocenters. The van der Waals surface area contributed by atoms with Crippen LogP contribution in [-0.4, -0.2) is 11.5 Å². The van der Waals surface area contributed by atoms with Crippen LogP contribution in [0, 0.1) is 11.6 Å². The highest BCUT2D eigenvalue weighted by Gasteiger charge is 2.24. The predicted octanol–water partition coefficient (Wildman–Crippen LogP) is 4.59. The molecule has 1 aromatic heterocycles. The zero-order chi connectivity index (χ0) is 14.3. The Morgan fingerprint density at radius 1 is 1.35 bits per heavy atom. The van der Waals surface area contributed by atoms with Crippen molar-refractivity contribution >= 4 is 32.5 Å². The minimum atomic E-state index is -0.484. The van der Waals surface area contributed by atoms with Crippen molar-refractivity contribution in [1.82, 2.24) is 4.98 Å². The van der Waals surface area contributed by atoms with Gasteiger partial charge in [-0.2, -0.15) is 0 Å². The summed E-state index contributed by atoms with van der Waals surface area (Å²) in [5.74, 6) is -0.926. The highest BCUT2D eigenvalue weighted by atomic mass is 79.9. The maximum absolute atomic E-state index is 14.4. The van der Waals surface area contributed by atoms with E-state index < -0.39 is 11.6 Å². The number of halogens is 3. The van der Waals surface area contributed by atoms with E-state index in [0.29, 0.717) is 0 Å². The Morgan fingerprint density at radius 2 is 2.15 bits per heavy atom. The number of anilines is 1. The third-order valence-corrected chi connectivity index (χ3v) is 4.26. The molecule has 0 aliphatic heterocycles. The van der Waals surface area contributed by atoms with Crippen LogP contribution in [0.3, 0.4) is 0 Å². The van der Waals surface area contributed by atoms with E-state index in [9.17, 15) is 8.78 Å². The van der Waals surface area contributed by atoms with Crippen molar-refractivity contribution in [3.63, 3.8) is 0 Å². The molecule has 1 heterocycles. The third kappa shape index (κ3) is 2.08. The molecule has 0 fully saturated rings. The lowest BCUT2D eigenvalue weighted by Gasteiger charge is -2.15. The average molecular weight is 341 g/mol. The Kier molecular flexibility index (Phi) is 3.63. The van der Waals surface area contributed by atoms with Gasteiger partial charge in [-0.15, -0.1) is 0 Å². The van der Waals surface area contributed by atoms with E-state index >= 15 is 0 Å². The number of aryl methyl sites for hydroxylation is 1. The van der Waals surface area contributed by atoms with Crippen LogP contribution in [0.25, 0.3) is 10.9 Å². The van der Waals surface area contributed by atoms with E-state index in [0.717, 1.165) is 55.2 Å². The summed E-state index contributed by atoms with van der Waals surface area (Å²) < 4.78 is 28.7. The minimum absolute atomic E-state index is 0.130. The number of rotatable bonds is 3. The first-order chi connectivity index (χ1) is 9.63. The molecule has 5 heteroatoms. The molecule has 3 rings (SSSR count). The van der Waals surface area contributed by atoms with Gasteiger partial charge in [0.2, 0.25) is 0 Å².